The zero-order chi connectivity index (χ0) is 41.6. The van der Waals surface area contributed by atoms with Gasteiger partial charge in [0.25, 0.3) is 0 Å². The van der Waals surface area contributed by atoms with E-state index in [0.717, 1.165) is 84.7 Å². The van der Waals surface area contributed by atoms with Crippen molar-refractivity contribution in [1.82, 2.24) is 25.8 Å². The van der Waals surface area contributed by atoms with Crippen molar-refractivity contribution in [1.29, 1.82) is 0 Å². The molecule has 12 nitrogen and oxygen atoms in total. The van der Waals surface area contributed by atoms with E-state index >= 15 is 0 Å². The molecule has 2 saturated heterocycles. The molecule has 0 radical (unpaired) electrons. The molecular weight excluding hydrogens is 721 g/mol. The van der Waals surface area contributed by atoms with Crippen LogP contribution in [0.15, 0.2) is 57.8 Å². The van der Waals surface area contributed by atoms with Gasteiger partial charge in [0.15, 0.2) is 0 Å². The SMILES string of the molecule is CN[C@@H](C)C(=O)N[C@H](C(=O)N1CCC[C@H]1Cc1coc2ccc(C)cc12)C(C)C.Cc1ccc2occ(C[C@@H]3CCCN3C(=O)[C@@H](NC(=O)[C@H](C)N)C(C)C)c2c1. The average Bonchev–Trinajstić information content (AvgIpc) is 4.00. The predicted molar refractivity (Wildman–Crippen MR) is 224 cm³/mol. The molecule has 310 valence electrons. The first-order valence-electron chi connectivity index (χ1n) is 20.7. The summed E-state index contributed by atoms with van der Waals surface area (Å²) in [5.41, 5.74) is 12.1. The summed E-state index contributed by atoms with van der Waals surface area (Å²) < 4.78 is 11.4. The molecule has 57 heavy (non-hydrogen) atoms. The molecule has 2 aromatic heterocycles. The Balaban J connectivity index is 0.000000218. The molecule has 6 atom stereocenters. The summed E-state index contributed by atoms with van der Waals surface area (Å²) in [5, 5.41) is 11.0. The summed E-state index contributed by atoms with van der Waals surface area (Å²) >= 11 is 0. The highest BCUT2D eigenvalue weighted by Gasteiger charge is 2.37. The highest BCUT2D eigenvalue weighted by Crippen LogP contribution is 2.30. The third-order valence-corrected chi connectivity index (χ3v) is 11.6. The number of carbonyl (C=O) groups is 4. The fourth-order valence-electron chi connectivity index (χ4n) is 7.97. The summed E-state index contributed by atoms with van der Waals surface area (Å²) in [7, 11) is 1.74. The number of hydrogen-bond acceptors (Lipinski definition) is 8. The van der Waals surface area contributed by atoms with Crippen LogP contribution in [-0.4, -0.2) is 89.8 Å². The van der Waals surface area contributed by atoms with E-state index in [1.54, 1.807) is 20.9 Å². The molecule has 0 saturated carbocycles. The van der Waals surface area contributed by atoms with Crippen LogP contribution in [0.5, 0.6) is 0 Å². The van der Waals surface area contributed by atoms with Crippen molar-refractivity contribution in [2.45, 2.75) is 130 Å². The van der Waals surface area contributed by atoms with Crippen LogP contribution >= 0.6 is 0 Å². The monoisotopic (exact) mass is 784 g/mol. The van der Waals surface area contributed by atoms with Gasteiger partial charge in [-0.2, -0.15) is 0 Å². The Bertz CT molecular complexity index is 2020. The molecule has 0 spiro atoms. The number of rotatable bonds is 13. The molecule has 0 aliphatic carbocycles. The molecular formula is C45H64N6O6. The molecule has 2 aliphatic rings. The van der Waals surface area contributed by atoms with Crippen molar-refractivity contribution in [2.24, 2.45) is 17.6 Å². The summed E-state index contributed by atoms with van der Waals surface area (Å²) in [6, 6.07) is 10.6. The average molecular weight is 785 g/mol. The first kappa shape index (κ1) is 43.4. The van der Waals surface area contributed by atoms with Crippen LogP contribution in [-0.2, 0) is 32.0 Å². The lowest BCUT2D eigenvalue weighted by atomic mass is 9.99. The van der Waals surface area contributed by atoms with Gasteiger partial charge in [-0.3, -0.25) is 19.2 Å². The second-order valence-corrected chi connectivity index (χ2v) is 16.8. The number of likely N-dealkylation sites (tertiary alicyclic amines) is 2. The second-order valence-electron chi connectivity index (χ2n) is 16.8. The summed E-state index contributed by atoms with van der Waals surface area (Å²) in [6.07, 6.45) is 9.03. The van der Waals surface area contributed by atoms with Gasteiger partial charge in [-0.25, -0.2) is 0 Å². The number of nitrogens with two attached hydrogens (primary N) is 1. The van der Waals surface area contributed by atoms with Crippen LogP contribution in [0.3, 0.4) is 0 Å². The number of aryl methyl sites for hydroxylation is 2. The number of benzene rings is 2. The minimum atomic E-state index is -0.635. The summed E-state index contributed by atoms with van der Waals surface area (Å²) in [5.74, 6) is -0.424. The van der Waals surface area contributed by atoms with Crippen molar-refractivity contribution >= 4 is 45.6 Å². The minimum Gasteiger partial charge on any atom is -0.464 e. The second kappa shape index (κ2) is 19.2. The van der Waals surface area contributed by atoms with E-state index < -0.39 is 18.1 Å². The summed E-state index contributed by atoms with van der Waals surface area (Å²) in [4.78, 5) is 54.9. The highest BCUT2D eigenvalue weighted by molar-refractivity contribution is 5.91. The molecule has 2 aliphatic heterocycles. The topological polar surface area (TPSA) is 163 Å². The zero-order valence-electron chi connectivity index (χ0n) is 35.3. The molecule has 4 heterocycles. The van der Waals surface area contributed by atoms with Gasteiger partial charge in [-0.15, -0.1) is 0 Å². The maximum Gasteiger partial charge on any atom is 0.245 e. The van der Waals surface area contributed by atoms with Crippen LogP contribution in [0, 0.1) is 25.7 Å². The maximum absolute atomic E-state index is 13.4. The molecule has 12 heteroatoms. The summed E-state index contributed by atoms with van der Waals surface area (Å²) in [6.45, 7) is 16.9. The Labute approximate surface area is 337 Å². The van der Waals surface area contributed by atoms with E-state index in [9.17, 15) is 19.2 Å². The van der Waals surface area contributed by atoms with Gasteiger partial charge >= 0.3 is 0 Å². The van der Waals surface area contributed by atoms with E-state index in [4.69, 9.17) is 14.6 Å². The molecule has 2 fully saturated rings. The molecule has 5 N–H and O–H groups in total. The smallest absolute Gasteiger partial charge is 0.245 e. The van der Waals surface area contributed by atoms with Crippen molar-refractivity contribution in [3.05, 3.63) is 71.2 Å². The Morgan fingerprint density at radius 2 is 1.12 bits per heavy atom. The van der Waals surface area contributed by atoms with Crippen molar-refractivity contribution in [2.75, 3.05) is 20.1 Å². The number of fused-ring (bicyclic) bond motifs is 2. The predicted octanol–water partition coefficient (Wildman–Crippen LogP) is 5.79. The molecule has 6 rings (SSSR count). The van der Waals surface area contributed by atoms with Gasteiger partial charge in [0.2, 0.25) is 23.6 Å². The van der Waals surface area contributed by atoms with E-state index in [1.165, 1.54) is 11.1 Å². The van der Waals surface area contributed by atoms with Crippen LogP contribution < -0.4 is 21.7 Å². The maximum atomic E-state index is 13.4. The first-order chi connectivity index (χ1) is 27.1. The van der Waals surface area contributed by atoms with E-state index in [2.05, 4.69) is 41.9 Å². The van der Waals surface area contributed by atoms with Gasteiger partial charge in [-0.1, -0.05) is 51.0 Å². The lowest BCUT2D eigenvalue weighted by Crippen LogP contribution is -2.55. The quantitative estimate of drug-likeness (QED) is 0.133. The van der Waals surface area contributed by atoms with Crippen LogP contribution in [0.25, 0.3) is 21.9 Å². The molecule has 2 aromatic carbocycles. The van der Waals surface area contributed by atoms with Crippen LogP contribution in [0.4, 0.5) is 0 Å². The number of nitrogens with one attached hydrogen (secondary N) is 3. The first-order valence-corrected chi connectivity index (χ1v) is 20.7. The van der Waals surface area contributed by atoms with Gasteiger partial charge in [0, 0.05) is 47.1 Å². The van der Waals surface area contributed by atoms with Crippen molar-refractivity contribution in [3.63, 3.8) is 0 Å². The van der Waals surface area contributed by atoms with Gasteiger partial charge < -0.3 is 40.3 Å². The zero-order valence-corrected chi connectivity index (χ0v) is 35.3. The fraction of sp³-hybridized carbons (Fsp3) is 0.556. The molecule has 0 unspecified atom stereocenters. The molecule has 4 amide bonds. The molecule has 4 aromatic rings. The number of hydrogen-bond donors (Lipinski definition) is 4. The van der Waals surface area contributed by atoms with E-state index in [0.29, 0.717) is 0 Å². The minimum absolute atomic E-state index is 0.00569. The van der Waals surface area contributed by atoms with Crippen LogP contribution in [0.2, 0.25) is 0 Å². The Morgan fingerprint density at radius 3 is 1.51 bits per heavy atom. The van der Waals surface area contributed by atoms with Gasteiger partial charge in [0.05, 0.1) is 24.6 Å². The normalized spacial score (nSPS) is 19.1. The number of carbonyl (C=O) groups excluding carboxylic acids is 4. The number of furan rings is 2. The van der Waals surface area contributed by atoms with Gasteiger partial charge in [0.1, 0.15) is 23.2 Å². The van der Waals surface area contributed by atoms with E-state index in [1.807, 2.05) is 74.3 Å². The van der Waals surface area contributed by atoms with Crippen molar-refractivity contribution in [3.8, 4) is 0 Å². The Morgan fingerprint density at radius 1 is 0.702 bits per heavy atom. The van der Waals surface area contributed by atoms with Gasteiger partial charge in [-0.05, 0) is 109 Å². The van der Waals surface area contributed by atoms with Crippen LogP contribution in [0.1, 0.15) is 89.5 Å². The Kier molecular flexibility index (Phi) is 14.6. The fourth-order valence-corrected chi connectivity index (χ4v) is 7.97. The Hall–Kier alpha value is -4.68. The number of likely N-dealkylation sites (N-methyl/N-ethyl adjacent to an activating group) is 1. The number of nitrogens with zero attached hydrogens (tertiary/aromatic N) is 2. The highest BCUT2D eigenvalue weighted by atomic mass is 16.3. The third-order valence-electron chi connectivity index (χ3n) is 11.6. The standard InChI is InChI=1S/C23H33N3O3.C22H31N3O3/c1-14(2)21(25-22(27)16(4)24-5)23(28)26-10-6-7-18(26)12-17-13-29-20-9-8-15(3)11-19(17)20;1-13(2)20(24-21(26)15(4)23)22(27)25-9-5-6-17(25)11-16-12-28-19-8-7-14(3)10-18(16)19/h8-9,11,13-14,16,18,21,24H,6-7,10,12H2,1-5H3,(H,25,27);7-8,10,12-13,15,17,20H,5-6,9,11,23H2,1-4H3,(H,24,26)/t16-,18-,21-;15-,17-,20-/m00/s1. The van der Waals surface area contributed by atoms with Crippen molar-refractivity contribution < 1.29 is 28.0 Å². The molecule has 0 bridgehead atoms. The largest absolute Gasteiger partial charge is 0.464 e. The lowest BCUT2D eigenvalue weighted by molar-refractivity contribution is -0.138. The number of amides is 4. The van der Waals surface area contributed by atoms with E-state index in [-0.39, 0.29) is 53.6 Å². The third kappa shape index (κ3) is 10.4. The lowest BCUT2D eigenvalue weighted by Gasteiger charge is -2.31.